The summed E-state index contributed by atoms with van der Waals surface area (Å²) >= 11 is 11.9. The number of ether oxygens (including phenoxy) is 2. The average Bonchev–Trinajstić information content (AvgIpc) is 2.70. The number of benzene rings is 2. The standard InChI is InChI=1S/C18H13Cl2N5O4/c19-12-3-1-10(7-13(12)20)23-17-16(25(26)27)18(22-9-21-17)24-11-2-4-14-15(8-11)29-6-5-28-14/h1-4,7-9H,5-6H2,(H2,21,22,23,24). The molecule has 2 aromatic carbocycles. The van der Waals surface area contributed by atoms with Gasteiger partial charge in [-0.15, -0.1) is 0 Å². The molecule has 1 aromatic heterocycles. The van der Waals surface area contributed by atoms with Gasteiger partial charge in [-0.05, 0) is 30.3 Å². The van der Waals surface area contributed by atoms with Crippen molar-refractivity contribution >= 4 is 51.9 Å². The third-order valence-electron chi connectivity index (χ3n) is 3.99. The molecule has 2 heterocycles. The van der Waals surface area contributed by atoms with Crippen LogP contribution in [0.25, 0.3) is 0 Å². The lowest BCUT2D eigenvalue weighted by Crippen LogP contribution is -2.15. The van der Waals surface area contributed by atoms with Crippen LogP contribution in [-0.2, 0) is 0 Å². The highest BCUT2D eigenvalue weighted by atomic mass is 35.5. The van der Waals surface area contributed by atoms with Gasteiger partial charge < -0.3 is 20.1 Å². The lowest BCUT2D eigenvalue weighted by molar-refractivity contribution is -0.383. The van der Waals surface area contributed by atoms with Crippen LogP contribution in [0.1, 0.15) is 0 Å². The van der Waals surface area contributed by atoms with Gasteiger partial charge in [-0.2, -0.15) is 0 Å². The largest absolute Gasteiger partial charge is 0.486 e. The molecule has 0 fully saturated rings. The van der Waals surface area contributed by atoms with Crippen molar-refractivity contribution in [1.29, 1.82) is 0 Å². The Hall–Kier alpha value is -3.30. The van der Waals surface area contributed by atoms with Gasteiger partial charge >= 0.3 is 5.69 Å². The van der Waals surface area contributed by atoms with Crippen LogP contribution in [0, 0.1) is 10.1 Å². The molecular weight excluding hydrogens is 421 g/mol. The fourth-order valence-corrected chi connectivity index (χ4v) is 3.00. The molecular formula is C18H13Cl2N5O4. The van der Waals surface area contributed by atoms with Crippen molar-refractivity contribution < 1.29 is 14.4 Å². The topological polar surface area (TPSA) is 111 Å². The molecule has 0 radical (unpaired) electrons. The van der Waals surface area contributed by atoms with E-state index in [0.29, 0.717) is 46.1 Å². The van der Waals surface area contributed by atoms with Crippen LogP contribution in [0.2, 0.25) is 10.0 Å². The molecule has 1 aliphatic heterocycles. The van der Waals surface area contributed by atoms with Crippen molar-refractivity contribution in [2.24, 2.45) is 0 Å². The summed E-state index contributed by atoms with van der Waals surface area (Å²) in [5.41, 5.74) is 0.719. The van der Waals surface area contributed by atoms with Gasteiger partial charge in [0, 0.05) is 17.4 Å². The van der Waals surface area contributed by atoms with Gasteiger partial charge in [0.1, 0.15) is 19.5 Å². The molecule has 148 valence electrons. The molecule has 0 spiro atoms. The van der Waals surface area contributed by atoms with Crippen LogP contribution in [0.3, 0.4) is 0 Å². The maximum absolute atomic E-state index is 11.7. The number of nitro groups is 1. The quantitative estimate of drug-likeness (QED) is 0.429. The molecule has 0 unspecified atom stereocenters. The smallest absolute Gasteiger partial charge is 0.353 e. The monoisotopic (exact) mass is 433 g/mol. The summed E-state index contributed by atoms with van der Waals surface area (Å²) in [7, 11) is 0. The molecule has 0 atom stereocenters. The first-order valence-corrected chi connectivity index (χ1v) is 9.15. The fraction of sp³-hybridized carbons (Fsp3) is 0.111. The Bertz CT molecular complexity index is 1100. The van der Waals surface area contributed by atoms with Crippen molar-refractivity contribution in [3.05, 3.63) is 62.9 Å². The van der Waals surface area contributed by atoms with Gasteiger partial charge in [0.15, 0.2) is 11.5 Å². The first kappa shape index (κ1) is 19.0. The molecule has 0 bridgehead atoms. The maximum Gasteiger partial charge on any atom is 0.353 e. The van der Waals surface area contributed by atoms with Gasteiger partial charge in [0.05, 0.1) is 15.0 Å². The summed E-state index contributed by atoms with van der Waals surface area (Å²) in [6.07, 6.45) is 1.22. The molecule has 3 aromatic rings. The third kappa shape index (κ3) is 4.10. The molecule has 4 rings (SSSR count). The second kappa shape index (κ2) is 7.98. The molecule has 2 N–H and O–H groups in total. The predicted molar refractivity (Wildman–Crippen MR) is 109 cm³/mol. The van der Waals surface area contributed by atoms with E-state index >= 15 is 0 Å². The van der Waals surface area contributed by atoms with E-state index in [1.165, 1.54) is 6.33 Å². The summed E-state index contributed by atoms with van der Waals surface area (Å²) < 4.78 is 11.0. The van der Waals surface area contributed by atoms with Crippen molar-refractivity contribution in [2.45, 2.75) is 0 Å². The van der Waals surface area contributed by atoms with Crippen LogP contribution in [-0.4, -0.2) is 28.1 Å². The van der Waals surface area contributed by atoms with Gasteiger partial charge in [-0.1, -0.05) is 23.2 Å². The minimum atomic E-state index is -0.569. The molecule has 0 saturated carbocycles. The highest BCUT2D eigenvalue weighted by Crippen LogP contribution is 2.37. The number of nitrogens with one attached hydrogen (secondary N) is 2. The number of aromatic nitrogens is 2. The summed E-state index contributed by atoms with van der Waals surface area (Å²) in [6, 6.07) is 9.88. The molecule has 11 heteroatoms. The van der Waals surface area contributed by atoms with E-state index in [9.17, 15) is 10.1 Å². The SMILES string of the molecule is O=[N+]([O-])c1c(Nc2ccc(Cl)c(Cl)c2)ncnc1Nc1ccc2c(c1)OCCO2. The zero-order valence-electron chi connectivity index (χ0n) is 14.7. The molecule has 0 amide bonds. The summed E-state index contributed by atoms with van der Waals surface area (Å²) in [6.45, 7) is 0.905. The number of nitrogens with zero attached hydrogens (tertiary/aromatic N) is 3. The van der Waals surface area contributed by atoms with E-state index in [1.54, 1.807) is 36.4 Å². The Labute approximate surface area is 174 Å². The fourth-order valence-electron chi connectivity index (χ4n) is 2.70. The minimum Gasteiger partial charge on any atom is -0.486 e. The highest BCUT2D eigenvalue weighted by Gasteiger charge is 2.24. The van der Waals surface area contributed by atoms with Crippen molar-refractivity contribution in [3.8, 4) is 11.5 Å². The number of halogens is 2. The van der Waals surface area contributed by atoms with E-state index in [-0.39, 0.29) is 17.3 Å². The van der Waals surface area contributed by atoms with E-state index in [1.807, 2.05) is 0 Å². The van der Waals surface area contributed by atoms with E-state index < -0.39 is 4.92 Å². The third-order valence-corrected chi connectivity index (χ3v) is 4.73. The van der Waals surface area contributed by atoms with E-state index in [2.05, 4.69) is 20.6 Å². The van der Waals surface area contributed by atoms with Crippen LogP contribution in [0.5, 0.6) is 11.5 Å². The van der Waals surface area contributed by atoms with Crippen LogP contribution < -0.4 is 20.1 Å². The Morgan fingerprint density at radius 3 is 2.17 bits per heavy atom. The first-order chi connectivity index (χ1) is 14.0. The number of fused-ring (bicyclic) bond motifs is 1. The Kier molecular flexibility index (Phi) is 5.24. The number of rotatable bonds is 5. The van der Waals surface area contributed by atoms with Crippen molar-refractivity contribution in [1.82, 2.24) is 9.97 Å². The van der Waals surface area contributed by atoms with E-state index in [4.69, 9.17) is 32.7 Å². The lowest BCUT2D eigenvalue weighted by atomic mass is 10.2. The zero-order valence-corrected chi connectivity index (χ0v) is 16.2. The Balaban J connectivity index is 1.66. The van der Waals surface area contributed by atoms with Crippen LogP contribution in [0.15, 0.2) is 42.7 Å². The average molecular weight is 434 g/mol. The number of anilines is 4. The van der Waals surface area contributed by atoms with Gasteiger partial charge in [0.2, 0.25) is 11.6 Å². The highest BCUT2D eigenvalue weighted by molar-refractivity contribution is 6.42. The van der Waals surface area contributed by atoms with Crippen molar-refractivity contribution in [2.75, 3.05) is 23.8 Å². The molecule has 29 heavy (non-hydrogen) atoms. The van der Waals surface area contributed by atoms with Crippen LogP contribution in [0.4, 0.5) is 28.7 Å². The van der Waals surface area contributed by atoms with E-state index in [0.717, 1.165) is 0 Å². The second-order valence-corrected chi connectivity index (χ2v) is 6.73. The lowest BCUT2D eigenvalue weighted by Gasteiger charge is -2.19. The Morgan fingerprint density at radius 1 is 0.897 bits per heavy atom. The molecule has 1 aliphatic rings. The summed E-state index contributed by atoms with van der Waals surface area (Å²) in [4.78, 5) is 19.2. The molecule has 0 aliphatic carbocycles. The normalized spacial score (nSPS) is 12.3. The second-order valence-electron chi connectivity index (χ2n) is 5.91. The summed E-state index contributed by atoms with van der Waals surface area (Å²) in [5.74, 6) is 1.18. The van der Waals surface area contributed by atoms with Gasteiger partial charge in [-0.3, -0.25) is 10.1 Å². The molecule has 9 nitrogen and oxygen atoms in total. The van der Waals surface area contributed by atoms with Gasteiger partial charge in [-0.25, -0.2) is 9.97 Å². The maximum atomic E-state index is 11.7. The molecule has 0 saturated heterocycles. The number of hydrogen-bond donors (Lipinski definition) is 2. The summed E-state index contributed by atoms with van der Waals surface area (Å²) in [5, 5.41) is 18.2. The van der Waals surface area contributed by atoms with Crippen LogP contribution >= 0.6 is 23.2 Å². The number of hydrogen-bond acceptors (Lipinski definition) is 8. The zero-order chi connectivity index (χ0) is 20.4. The minimum absolute atomic E-state index is 0.00318. The van der Waals surface area contributed by atoms with Gasteiger partial charge in [0.25, 0.3) is 0 Å². The Morgan fingerprint density at radius 2 is 1.52 bits per heavy atom. The van der Waals surface area contributed by atoms with Crippen molar-refractivity contribution in [3.63, 3.8) is 0 Å². The predicted octanol–water partition coefficient (Wildman–Crippen LogP) is 4.95. The first-order valence-electron chi connectivity index (χ1n) is 8.39.